The SMILES string of the molecule is Cc1cc2c3ccccc3c(-c3ccccc3)c(C)n2n1. The molecule has 0 saturated carbocycles. The molecule has 2 heterocycles. The Morgan fingerprint density at radius 1 is 0.810 bits per heavy atom. The summed E-state index contributed by atoms with van der Waals surface area (Å²) in [7, 11) is 0. The maximum absolute atomic E-state index is 4.67. The molecule has 0 unspecified atom stereocenters. The van der Waals surface area contributed by atoms with Gasteiger partial charge in [0.2, 0.25) is 0 Å². The van der Waals surface area contributed by atoms with Crippen molar-refractivity contribution in [3.63, 3.8) is 0 Å². The lowest BCUT2D eigenvalue weighted by Gasteiger charge is -2.13. The second-order valence-electron chi connectivity index (χ2n) is 5.45. The highest BCUT2D eigenvalue weighted by Crippen LogP contribution is 2.34. The van der Waals surface area contributed by atoms with Gasteiger partial charge in [0, 0.05) is 16.6 Å². The highest BCUT2D eigenvalue weighted by atomic mass is 15.2. The summed E-state index contributed by atoms with van der Waals surface area (Å²) in [6.45, 7) is 4.19. The van der Waals surface area contributed by atoms with E-state index in [0.717, 1.165) is 5.69 Å². The van der Waals surface area contributed by atoms with Crippen LogP contribution in [0.4, 0.5) is 0 Å². The molecule has 0 atom stereocenters. The van der Waals surface area contributed by atoms with Crippen LogP contribution in [-0.2, 0) is 0 Å². The molecular formula is C19H16N2. The molecule has 102 valence electrons. The fourth-order valence-corrected chi connectivity index (χ4v) is 3.14. The summed E-state index contributed by atoms with van der Waals surface area (Å²) >= 11 is 0. The van der Waals surface area contributed by atoms with Gasteiger partial charge in [0.15, 0.2) is 0 Å². The molecule has 0 bridgehead atoms. The van der Waals surface area contributed by atoms with Crippen molar-refractivity contribution >= 4 is 16.3 Å². The van der Waals surface area contributed by atoms with Gasteiger partial charge in [0.05, 0.1) is 11.2 Å². The minimum atomic E-state index is 1.05. The second-order valence-corrected chi connectivity index (χ2v) is 5.45. The van der Waals surface area contributed by atoms with Crippen molar-refractivity contribution in [2.24, 2.45) is 0 Å². The van der Waals surface area contributed by atoms with Crippen LogP contribution in [0.5, 0.6) is 0 Å². The Kier molecular flexibility index (Phi) is 2.58. The largest absolute Gasteiger partial charge is 0.237 e. The molecular weight excluding hydrogens is 256 g/mol. The number of benzene rings is 2. The number of pyridine rings is 1. The number of aromatic nitrogens is 2. The Bertz CT molecular complexity index is 950. The van der Waals surface area contributed by atoms with Crippen molar-refractivity contribution in [1.82, 2.24) is 9.61 Å². The zero-order chi connectivity index (χ0) is 14.4. The number of aryl methyl sites for hydroxylation is 2. The van der Waals surface area contributed by atoms with Gasteiger partial charge < -0.3 is 0 Å². The van der Waals surface area contributed by atoms with Gasteiger partial charge in [-0.3, -0.25) is 0 Å². The number of rotatable bonds is 1. The fourth-order valence-electron chi connectivity index (χ4n) is 3.14. The third-order valence-electron chi connectivity index (χ3n) is 4.05. The van der Waals surface area contributed by atoms with E-state index in [9.17, 15) is 0 Å². The van der Waals surface area contributed by atoms with Gasteiger partial charge in [-0.05, 0) is 30.9 Å². The van der Waals surface area contributed by atoms with E-state index in [1.165, 1.54) is 33.1 Å². The zero-order valence-electron chi connectivity index (χ0n) is 12.2. The van der Waals surface area contributed by atoms with E-state index >= 15 is 0 Å². The Balaban J connectivity index is 2.25. The van der Waals surface area contributed by atoms with Gasteiger partial charge in [0.25, 0.3) is 0 Å². The molecule has 0 N–H and O–H groups in total. The molecule has 0 aliphatic rings. The van der Waals surface area contributed by atoms with E-state index in [0.29, 0.717) is 0 Å². The topological polar surface area (TPSA) is 17.3 Å². The van der Waals surface area contributed by atoms with E-state index < -0.39 is 0 Å². The smallest absolute Gasteiger partial charge is 0.0746 e. The molecule has 0 aliphatic heterocycles. The number of nitrogens with zero attached hydrogens (tertiary/aromatic N) is 2. The normalized spacial score (nSPS) is 11.3. The van der Waals surface area contributed by atoms with E-state index in [4.69, 9.17) is 0 Å². The molecule has 0 radical (unpaired) electrons. The summed E-state index contributed by atoms with van der Waals surface area (Å²) in [6.07, 6.45) is 0. The first kappa shape index (κ1) is 12.2. The van der Waals surface area contributed by atoms with Crippen LogP contribution >= 0.6 is 0 Å². The van der Waals surface area contributed by atoms with Crippen LogP contribution < -0.4 is 0 Å². The van der Waals surface area contributed by atoms with Crippen LogP contribution in [0, 0.1) is 13.8 Å². The van der Waals surface area contributed by atoms with E-state index in [1.807, 2.05) is 6.92 Å². The first-order valence-electron chi connectivity index (χ1n) is 7.19. The lowest BCUT2D eigenvalue weighted by Crippen LogP contribution is -1.98. The fraction of sp³-hybridized carbons (Fsp3) is 0.105. The lowest BCUT2D eigenvalue weighted by molar-refractivity contribution is 0.900. The van der Waals surface area contributed by atoms with Crippen LogP contribution in [0.15, 0.2) is 60.7 Å². The van der Waals surface area contributed by atoms with Crippen LogP contribution in [0.3, 0.4) is 0 Å². The van der Waals surface area contributed by atoms with Crippen molar-refractivity contribution in [2.75, 3.05) is 0 Å². The molecule has 2 heteroatoms. The first-order chi connectivity index (χ1) is 10.3. The molecule has 2 aromatic carbocycles. The molecule has 21 heavy (non-hydrogen) atoms. The van der Waals surface area contributed by atoms with Gasteiger partial charge in [-0.2, -0.15) is 5.10 Å². The van der Waals surface area contributed by atoms with Crippen LogP contribution in [0.25, 0.3) is 27.4 Å². The molecule has 0 saturated heterocycles. The third kappa shape index (κ3) is 1.76. The zero-order valence-corrected chi connectivity index (χ0v) is 12.2. The quantitative estimate of drug-likeness (QED) is 0.488. The Morgan fingerprint density at radius 3 is 2.24 bits per heavy atom. The van der Waals surface area contributed by atoms with Gasteiger partial charge >= 0.3 is 0 Å². The standard InChI is InChI=1S/C19H16N2/c1-13-12-18-16-10-6-7-11-17(16)19(14(2)21(18)20-13)15-8-4-3-5-9-15/h3-12H,1-2H3. The average molecular weight is 272 g/mol. The Labute approximate surface area is 123 Å². The van der Waals surface area contributed by atoms with Gasteiger partial charge in [-0.15, -0.1) is 0 Å². The van der Waals surface area contributed by atoms with Crippen LogP contribution in [0.2, 0.25) is 0 Å². The van der Waals surface area contributed by atoms with Crippen LogP contribution in [-0.4, -0.2) is 9.61 Å². The molecule has 4 aromatic rings. The van der Waals surface area contributed by atoms with Crippen molar-refractivity contribution in [1.29, 1.82) is 0 Å². The number of hydrogen-bond donors (Lipinski definition) is 0. The van der Waals surface area contributed by atoms with Gasteiger partial charge in [0.1, 0.15) is 0 Å². The molecule has 2 aromatic heterocycles. The predicted octanol–water partition coefficient (Wildman–Crippen LogP) is 4.77. The second kappa shape index (κ2) is 4.45. The van der Waals surface area contributed by atoms with Crippen molar-refractivity contribution in [2.45, 2.75) is 13.8 Å². The van der Waals surface area contributed by atoms with E-state index in [2.05, 4.69) is 77.2 Å². The van der Waals surface area contributed by atoms with Gasteiger partial charge in [-0.25, -0.2) is 4.52 Å². The summed E-state index contributed by atoms with van der Waals surface area (Å²) < 4.78 is 2.07. The highest BCUT2D eigenvalue weighted by molar-refractivity contribution is 6.05. The summed E-state index contributed by atoms with van der Waals surface area (Å²) in [6, 6.07) is 21.3. The predicted molar refractivity (Wildman–Crippen MR) is 87.6 cm³/mol. The summed E-state index contributed by atoms with van der Waals surface area (Å²) in [5.74, 6) is 0. The van der Waals surface area contributed by atoms with Gasteiger partial charge in [-0.1, -0.05) is 54.6 Å². The third-order valence-corrected chi connectivity index (χ3v) is 4.05. The Morgan fingerprint density at radius 2 is 1.48 bits per heavy atom. The van der Waals surface area contributed by atoms with Crippen LogP contribution in [0.1, 0.15) is 11.4 Å². The first-order valence-corrected chi connectivity index (χ1v) is 7.19. The molecule has 0 aliphatic carbocycles. The van der Waals surface area contributed by atoms with E-state index in [-0.39, 0.29) is 0 Å². The maximum atomic E-state index is 4.67. The minimum Gasteiger partial charge on any atom is -0.237 e. The minimum absolute atomic E-state index is 1.05. The summed E-state index contributed by atoms with van der Waals surface area (Å²) in [5.41, 5.74) is 5.92. The number of hydrogen-bond acceptors (Lipinski definition) is 1. The van der Waals surface area contributed by atoms with Crippen molar-refractivity contribution < 1.29 is 0 Å². The highest BCUT2D eigenvalue weighted by Gasteiger charge is 2.14. The summed E-state index contributed by atoms with van der Waals surface area (Å²) in [4.78, 5) is 0. The number of fused-ring (bicyclic) bond motifs is 3. The Hall–Kier alpha value is -2.61. The molecule has 2 nitrogen and oxygen atoms in total. The average Bonchev–Trinajstić information content (AvgIpc) is 2.91. The van der Waals surface area contributed by atoms with Crippen molar-refractivity contribution in [3.8, 4) is 11.1 Å². The molecule has 4 rings (SSSR count). The lowest BCUT2D eigenvalue weighted by atomic mass is 9.97. The maximum Gasteiger partial charge on any atom is 0.0746 e. The monoisotopic (exact) mass is 272 g/mol. The van der Waals surface area contributed by atoms with Crippen molar-refractivity contribution in [3.05, 3.63) is 72.1 Å². The molecule has 0 fully saturated rings. The molecule has 0 spiro atoms. The molecule has 0 amide bonds. The van der Waals surface area contributed by atoms with E-state index in [1.54, 1.807) is 0 Å². The summed E-state index contributed by atoms with van der Waals surface area (Å²) in [5, 5.41) is 7.20.